The minimum atomic E-state index is 0.509. The van der Waals surface area contributed by atoms with Crippen LogP contribution in [0.2, 0.25) is 0 Å². The van der Waals surface area contributed by atoms with Gasteiger partial charge in [-0.3, -0.25) is 0 Å². The second-order valence-corrected chi connectivity index (χ2v) is 3.88. The van der Waals surface area contributed by atoms with Crippen molar-refractivity contribution in [2.75, 3.05) is 6.61 Å². The summed E-state index contributed by atoms with van der Waals surface area (Å²) in [5, 5.41) is 0. The highest BCUT2D eigenvalue weighted by Crippen LogP contribution is 2.30. The Morgan fingerprint density at radius 1 is 1.30 bits per heavy atom. The average Bonchev–Trinajstić information content (AvgIpc) is 2.14. The minimum absolute atomic E-state index is 0.509. The lowest BCUT2D eigenvalue weighted by Crippen LogP contribution is -2.21. The summed E-state index contributed by atoms with van der Waals surface area (Å²) in [5.41, 5.74) is 0. The van der Waals surface area contributed by atoms with E-state index in [1.807, 2.05) is 0 Å². The van der Waals surface area contributed by atoms with Gasteiger partial charge in [0.1, 0.15) is 0 Å². The maximum atomic E-state index is 5.64. The van der Waals surface area contributed by atoms with Gasteiger partial charge in [-0.2, -0.15) is 0 Å². The van der Waals surface area contributed by atoms with Crippen LogP contribution in [0.4, 0.5) is 0 Å². The van der Waals surface area contributed by atoms with Gasteiger partial charge in [0.05, 0.1) is 6.10 Å². The third-order valence-electron chi connectivity index (χ3n) is 2.62. The fraction of sp³-hybridized carbons (Fsp3) is 1.00. The lowest BCUT2D eigenvalue weighted by Gasteiger charge is -2.19. The fourth-order valence-corrected chi connectivity index (χ4v) is 1.69. The second-order valence-electron chi connectivity index (χ2n) is 3.88. The number of ether oxygens (including phenoxy) is 1. The molecule has 0 aromatic heterocycles. The third kappa shape index (κ3) is 1.34. The van der Waals surface area contributed by atoms with E-state index in [1.165, 1.54) is 0 Å². The molecule has 1 heteroatoms. The van der Waals surface area contributed by atoms with Crippen molar-refractivity contribution in [3.8, 4) is 0 Å². The van der Waals surface area contributed by atoms with Gasteiger partial charge < -0.3 is 4.74 Å². The van der Waals surface area contributed by atoms with Crippen LogP contribution in [-0.4, -0.2) is 12.7 Å². The topological polar surface area (TPSA) is 9.23 Å². The lowest BCUT2D eigenvalue weighted by molar-refractivity contribution is 0.0575. The van der Waals surface area contributed by atoms with E-state index in [0.717, 1.165) is 18.4 Å². The van der Waals surface area contributed by atoms with Crippen LogP contribution >= 0.6 is 0 Å². The summed E-state index contributed by atoms with van der Waals surface area (Å²) in [4.78, 5) is 0. The first-order valence-corrected chi connectivity index (χ1v) is 4.24. The standard InChI is InChI=1S/C9H18O/c1-6(2)9-8(4)7(3)5-10-9/h6-9H,5H2,1-4H3/t7?,8?,9-/m1/s1. The summed E-state index contributed by atoms with van der Waals surface area (Å²) in [6.45, 7) is 10.00. The van der Waals surface area contributed by atoms with Crippen molar-refractivity contribution < 1.29 is 4.74 Å². The van der Waals surface area contributed by atoms with Crippen molar-refractivity contribution in [1.82, 2.24) is 0 Å². The molecule has 10 heavy (non-hydrogen) atoms. The first kappa shape index (κ1) is 8.06. The highest BCUT2D eigenvalue weighted by atomic mass is 16.5. The summed E-state index contributed by atoms with van der Waals surface area (Å²) < 4.78 is 5.64. The zero-order valence-electron chi connectivity index (χ0n) is 7.42. The quantitative estimate of drug-likeness (QED) is 0.546. The molecule has 0 N–H and O–H groups in total. The predicted octanol–water partition coefficient (Wildman–Crippen LogP) is 2.31. The van der Waals surface area contributed by atoms with Gasteiger partial charge in [-0.05, 0) is 17.8 Å². The van der Waals surface area contributed by atoms with Gasteiger partial charge in [0, 0.05) is 6.61 Å². The van der Waals surface area contributed by atoms with Crippen LogP contribution in [0.15, 0.2) is 0 Å². The molecule has 0 bridgehead atoms. The Labute approximate surface area is 63.8 Å². The lowest BCUT2D eigenvalue weighted by atomic mass is 9.89. The van der Waals surface area contributed by atoms with Crippen LogP contribution < -0.4 is 0 Å². The largest absolute Gasteiger partial charge is 0.377 e. The molecule has 1 saturated heterocycles. The SMILES string of the molecule is CC1CO[C@H](C(C)C)C1C. The molecule has 0 aromatic carbocycles. The average molecular weight is 142 g/mol. The zero-order valence-corrected chi connectivity index (χ0v) is 7.42. The molecule has 0 radical (unpaired) electrons. The van der Waals surface area contributed by atoms with Crippen molar-refractivity contribution in [1.29, 1.82) is 0 Å². The normalized spacial score (nSPS) is 41.1. The van der Waals surface area contributed by atoms with Gasteiger partial charge in [0.2, 0.25) is 0 Å². The van der Waals surface area contributed by atoms with Crippen molar-refractivity contribution >= 4 is 0 Å². The summed E-state index contributed by atoms with van der Waals surface area (Å²) in [6.07, 6.45) is 0.509. The van der Waals surface area contributed by atoms with Gasteiger partial charge in [-0.15, -0.1) is 0 Å². The Hall–Kier alpha value is -0.0400. The minimum Gasteiger partial charge on any atom is -0.377 e. The smallest absolute Gasteiger partial charge is 0.0627 e. The number of hydrogen-bond donors (Lipinski definition) is 0. The molecule has 0 aliphatic carbocycles. The Kier molecular flexibility index (Phi) is 2.35. The van der Waals surface area contributed by atoms with E-state index in [9.17, 15) is 0 Å². The van der Waals surface area contributed by atoms with E-state index in [4.69, 9.17) is 4.74 Å². The molecule has 1 rings (SSSR count). The number of hydrogen-bond acceptors (Lipinski definition) is 1. The molecule has 0 saturated carbocycles. The van der Waals surface area contributed by atoms with Crippen LogP contribution in [0.25, 0.3) is 0 Å². The van der Waals surface area contributed by atoms with E-state index in [-0.39, 0.29) is 0 Å². The van der Waals surface area contributed by atoms with Gasteiger partial charge >= 0.3 is 0 Å². The van der Waals surface area contributed by atoms with E-state index < -0.39 is 0 Å². The summed E-state index contributed by atoms with van der Waals surface area (Å²) in [5.74, 6) is 2.19. The Bertz CT molecular complexity index is 109. The monoisotopic (exact) mass is 142 g/mol. The fourth-order valence-electron chi connectivity index (χ4n) is 1.69. The van der Waals surface area contributed by atoms with E-state index in [2.05, 4.69) is 27.7 Å². The molecule has 0 amide bonds. The van der Waals surface area contributed by atoms with Crippen LogP contribution in [0, 0.1) is 17.8 Å². The van der Waals surface area contributed by atoms with Crippen molar-refractivity contribution in [3.05, 3.63) is 0 Å². The maximum Gasteiger partial charge on any atom is 0.0627 e. The molecule has 1 heterocycles. The van der Waals surface area contributed by atoms with Crippen LogP contribution in [-0.2, 0) is 4.74 Å². The molecule has 0 aromatic rings. The molecule has 2 unspecified atom stereocenters. The predicted molar refractivity (Wildman–Crippen MR) is 42.9 cm³/mol. The molecule has 3 atom stereocenters. The van der Waals surface area contributed by atoms with Gasteiger partial charge in [-0.1, -0.05) is 27.7 Å². The van der Waals surface area contributed by atoms with E-state index in [0.29, 0.717) is 12.0 Å². The Morgan fingerprint density at radius 2 is 1.90 bits per heavy atom. The first-order valence-electron chi connectivity index (χ1n) is 4.24. The summed E-state index contributed by atoms with van der Waals surface area (Å²) >= 11 is 0. The molecule has 60 valence electrons. The van der Waals surface area contributed by atoms with Crippen LogP contribution in [0.3, 0.4) is 0 Å². The summed E-state index contributed by atoms with van der Waals surface area (Å²) in [6, 6.07) is 0. The molecule has 1 aliphatic rings. The van der Waals surface area contributed by atoms with Crippen molar-refractivity contribution in [2.45, 2.75) is 33.8 Å². The molecule has 0 spiro atoms. The molecule has 1 fully saturated rings. The highest BCUT2D eigenvalue weighted by Gasteiger charge is 2.32. The zero-order chi connectivity index (χ0) is 7.72. The molecule has 1 aliphatic heterocycles. The van der Waals surface area contributed by atoms with Crippen molar-refractivity contribution in [3.63, 3.8) is 0 Å². The third-order valence-corrected chi connectivity index (χ3v) is 2.62. The van der Waals surface area contributed by atoms with Crippen LogP contribution in [0.5, 0.6) is 0 Å². The summed E-state index contributed by atoms with van der Waals surface area (Å²) in [7, 11) is 0. The van der Waals surface area contributed by atoms with Gasteiger partial charge in [0.15, 0.2) is 0 Å². The van der Waals surface area contributed by atoms with Crippen molar-refractivity contribution in [2.24, 2.45) is 17.8 Å². The Balaban J connectivity index is 2.49. The molecule has 1 nitrogen and oxygen atoms in total. The maximum absolute atomic E-state index is 5.64. The Morgan fingerprint density at radius 3 is 2.10 bits per heavy atom. The molecular formula is C9H18O. The number of rotatable bonds is 1. The van der Waals surface area contributed by atoms with E-state index in [1.54, 1.807) is 0 Å². The van der Waals surface area contributed by atoms with Crippen LogP contribution in [0.1, 0.15) is 27.7 Å². The highest BCUT2D eigenvalue weighted by molar-refractivity contribution is 4.79. The molecular weight excluding hydrogens is 124 g/mol. The van der Waals surface area contributed by atoms with Gasteiger partial charge in [0.25, 0.3) is 0 Å². The van der Waals surface area contributed by atoms with Gasteiger partial charge in [-0.25, -0.2) is 0 Å². The second kappa shape index (κ2) is 2.91. The van der Waals surface area contributed by atoms with E-state index >= 15 is 0 Å². The first-order chi connectivity index (χ1) is 4.63.